The summed E-state index contributed by atoms with van der Waals surface area (Å²) < 4.78 is 0. The van der Waals surface area contributed by atoms with E-state index in [-0.39, 0.29) is 5.78 Å². The Balaban J connectivity index is 2.54. The van der Waals surface area contributed by atoms with Gasteiger partial charge in [-0.2, -0.15) is 0 Å². The number of hydrogen-bond donors (Lipinski definition) is 1. The second kappa shape index (κ2) is 2.75. The van der Waals surface area contributed by atoms with E-state index < -0.39 is 0 Å². The number of anilines is 1. The highest BCUT2D eigenvalue weighted by Crippen LogP contribution is 2.31. The van der Waals surface area contributed by atoms with Crippen molar-refractivity contribution in [2.45, 2.75) is 6.92 Å². The maximum atomic E-state index is 11.1. The predicted octanol–water partition coefficient (Wildman–Crippen LogP) is 2.39. The lowest BCUT2D eigenvalue weighted by Crippen LogP contribution is -2.03. The van der Waals surface area contributed by atoms with E-state index in [1.807, 2.05) is 17.5 Å². The zero-order valence-electron chi connectivity index (χ0n) is 6.76. The van der Waals surface area contributed by atoms with Gasteiger partial charge in [-0.1, -0.05) is 12.2 Å². The standard InChI is InChI=1S/C9H9NOS/c1-6(11)8-5-12-9-7(8)3-2-4-10-9/h2-3,5,10H,4H2,1H3. The van der Waals surface area contributed by atoms with Gasteiger partial charge in [-0.3, -0.25) is 4.79 Å². The second-order valence-corrected chi connectivity index (χ2v) is 3.61. The minimum Gasteiger partial charge on any atom is -0.373 e. The summed E-state index contributed by atoms with van der Waals surface area (Å²) >= 11 is 1.60. The quantitative estimate of drug-likeness (QED) is 0.671. The van der Waals surface area contributed by atoms with E-state index in [4.69, 9.17) is 0 Å². The molecule has 0 spiro atoms. The summed E-state index contributed by atoms with van der Waals surface area (Å²) in [5, 5.41) is 6.24. The summed E-state index contributed by atoms with van der Waals surface area (Å²) in [7, 11) is 0. The third-order valence-corrected chi connectivity index (χ3v) is 2.83. The largest absolute Gasteiger partial charge is 0.373 e. The number of ketones is 1. The second-order valence-electron chi connectivity index (χ2n) is 2.73. The van der Waals surface area contributed by atoms with Crippen LogP contribution in [0.3, 0.4) is 0 Å². The van der Waals surface area contributed by atoms with Crippen molar-refractivity contribution in [3.05, 3.63) is 22.6 Å². The molecule has 3 heteroatoms. The van der Waals surface area contributed by atoms with E-state index in [0.717, 1.165) is 22.7 Å². The van der Waals surface area contributed by atoms with E-state index in [1.54, 1.807) is 18.3 Å². The minimum absolute atomic E-state index is 0.140. The number of hydrogen-bond acceptors (Lipinski definition) is 3. The van der Waals surface area contributed by atoms with E-state index in [1.165, 1.54) is 0 Å². The molecule has 0 unspecified atom stereocenters. The molecule has 12 heavy (non-hydrogen) atoms. The van der Waals surface area contributed by atoms with Crippen LogP contribution in [0.2, 0.25) is 0 Å². The summed E-state index contributed by atoms with van der Waals surface area (Å²) in [5.74, 6) is 0.140. The van der Waals surface area contributed by atoms with Crippen molar-refractivity contribution in [3.8, 4) is 0 Å². The van der Waals surface area contributed by atoms with Gasteiger partial charge in [-0.05, 0) is 6.92 Å². The summed E-state index contributed by atoms with van der Waals surface area (Å²) in [6.45, 7) is 2.47. The highest BCUT2D eigenvalue weighted by molar-refractivity contribution is 7.14. The number of Topliss-reactive ketones (excluding diaryl/α,β-unsaturated/α-hetero) is 1. The van der Waals surface area contributed by atoms with Crippen molar-refractivity contribution in [1.29, 1.82) is 0 Å². The fourth-order valence-electron chi connectivity index (χ4n) is 1.27. The molecule has 1 aliphatic rings. The van der Waals surface area contributed by atoms with Gasteiger partial charge in [0.05, 0.1) is 5.00 Å². The van der Waals surface area contributed by atoms with Gasteiger partial charge in [0.1, 0.15) is 0 Å². The molecule has 2 rings (SSSR count). The molecule has 1 aromatic heterocycles. The van der Waals surface area contributed by atoms with Crippen LogP contribution >= 0.6 is 11.3 Å². The molecule has 0 bridgehead atoms. The van der Waals surface area contributed by atoms with Gasteiger partial charge >= 0.3 is 0 Å². The van der Waals surface area contributed by atoms with Crippen LogP contribution in [0, 0.1) is 0 Å². The molecule has 2 nitrogen and oxygen atoms in total. The molecule has 1 aromatic rings. The lowest BCUT2D eigenvalue weighted by molar-refractivity contribution is 0.101. The van der Waals surface area contributed by atoms with Gasteiger partial charge in [0.15, 0.2) is 5.78 Å². The van der Waals surface area contributed by atoms with E-state index in [2.05, 4.69) is 5.32 Å². The van der Waals surface area contributed by atoms with Crippen molar-refractivity contribution in [1.82, 2.24) is 0 Å². The molecule has 0 atom stereocenters. The van der Waals surface area contributed by atoms with Crippen molar-refractivity contribution < 1.29 is 4.79 Å². The van der Waals surface area contributed by atoms with Gasteiger partial charge < -0.3 is 5.32 Å². The first-order valence-electron chi connectivity index (χ1n) is 3.82. The molecule has 0 saturated heterocycles. The number of nitrogens with one attached hydrogen (secondary N) is 1. The summed E-state index contributed by atoms with van der Waals surface area (Å²) in [5.41, 5.74) is 1.89. The summed E-state index contributed by atoms with van der Waals surface area (Å²) in [6.07, 6.45) is 4.04. The molecule has 0 radical (unpaired) electrons. The van der Waals surface area contributed by atoms with E-state index in [9.17, 15) is 4.79 Å². The Morgan fingerprint density at radius 2 is 2.50 bits per heavy atom. The van der Waals surface area contributed by atoms with Crippen LogP contribution in [-0.2, 0) is 0 Å². The molecule has 0 saturated carbocycles. The minimum atomic E-state index is 0.140. The number of thiophene rings is 1. The maximum Gasteiger partial charge on any atom is 0.161 e. The van der Waals surface area contributed by atoms with Crippen molar-refractivity contribution >= 4 is 28.2 Å². The smallest absolute Gasteiger partial charge is 0.161 e. The fourth-order valence-corrected chi connectivity index (χ4v) is 2.27. The van der Waals surface area contributed by atoms with Gasteiger partial charge in [-0.15, -0.1) is 11.3 Å². The first kappa shape index (κ1) is 7.55. The number of carbonyl (C=O) groups is 1. The topological polar surface area (TPSA) is 29.1 Å². The Labute approximate surface area is 74.9 Å². The third-order valence-electron chi connectivity index (χ3n) is 1.87. The third kappa shape index (κ3) is 1.06. The Kier molecular flexibility index (Phi) is 1.73. The summed E-state index contributed by atoms with van der Waals surface area (Å²) in [6, 6.07) is 0. The zero-order valence-corrected chi connectivity index (χ0v) is 7.57. The monoisotopic (exact) mass is 179 g/mol. The normalized spacial score (nSPS) is 13.8. The lowest BCUT2D eigenvalue weighted by Gasteiger charge is -2.07. The first-order valence-corrected chi connectivity index (χ1v) is 4.70. The van der Waals surface area contributed by atoms with Gasteiger partial charge in [-0.25, -0.2) is 0 Å². The van der Waals surface area contributed by atoms with Crippen molar-refractivity contribution in [2.24, 2.45) is 0 Å². The van der Waals surface area contributed by atoms with Crippen LogP contribution in [0.1, 0.15) is 22.8 Å². The predicted molar refractivity (Wildman–Crippen MR) is 51.8 cm³/mol. The number of rotatable bonds is 1. The molecular formula is C9H9NOS. The molecule has 0 aliphatic carbocycles. The van der Waals surface area contributed by atoms with Crippen LogP contribution in [-0.4, -0.2) is 12.3 Å². The molecule has 0 fully saturated rings. The van der Waals surface area contributed by atoms with Crippen molar-refractivity contribution in [2.75, 3.05) is 11.9 Å². The Hall–Kier alpha value is -1.09. The van der Waals surface area contributed by atoms with Crippen LogP contribution in [0.5, 0.6) is 0 Å². The van der Waals surface area contributed by atoms with Gasteiger partial charge in [0, 0.05) is 23.1 Å². The maximum absolute atomic E-state index is 11.1. The highest BCUT2D eigenvalue weighted by atomic mass is 32.1. The van der Waals surface area contributed by atoms with Crippen LogP contribution in [0.4, 0.5) is 5.00 Å². The molecule has 1 N–H and O–H groups in total. The molecule has 2 heterocycles. The SMILES string of the molecule is CC(=O)c1csc2c1C=CCN2. The van der Waals surface area contributed by atoms with E-state index >= 15 is 0 Å². The summed E-state index contributed by atoms with van der Waals surface area (Å²) in [4.78, 5) is 11.1. The Morgan fingerprint density at radius 3 is 3.25 bits per heavy atom. The average molecular weight is 179 g/mol. The molecular weight excluding hydrogens is 170 g/mol. The molecule has 0 amide bonds. The van der Waals surface area contributed by atoms with Gasteiger partial charge in [0.25, 0.3) is 0 Å². The van der Waals surface area contributed by atoms with Crippen molar-refractivity contribution in [3.63, 3.8) is 0 Å². The average Bonchev–Trinajstić information content (AvgIpc) is 2.47. The number of fused-ring (bicyclic) bond motifs is 1. The first-order chi connectivity index (χ1) is 5.79. The highest BCUT2D eigenvalue weighted by Gasteiger charge is 2.13. The van der Waals surface area contributed by atoms with E-state index in [0.29, 0.717) is 0 Å². The van der Waals surface area contributed by atoms with Gasteiger partial charge in [0.2, 0.25) is 0 Å². The molecule has 1 aliphatic heterocycles. The Bertz CT molecular complexity index is 351. The van der Waals surface area contributed by atoms with Crippen LogP contribution < -0.4 is 5.32 Å². The molecule has 62 valence electrons. The number of carbonyl (C=O) groups excluding carboxylic acids is 1. The van der Waals surface area contributed by atoms with Crippen LogP contribution in [0.15, 0.2) is 11.5 Å². The lowest BCUT2D eigenvalue weighted by atomic mass is 10.1. The van der Waals surface area contributed by atoms with Crippen LogP contribution in [0.25, 0.3) is 6.08 Å². The molecule has 0 aromatic carbocycles. The Morgan fingerprint density at radius 1 is 1.67 bits per heavy atom. The fraction of sp³-hybridized carbons (Fsp3) is 0.222. The zero-order chi connectivity index (χ0) is 8.55.